The molecule has 152 valence electrons. The van der Waals surface area contributed by atoms with Gasteiger partial charge in [0.1, 0.15) is 5.69 Å². The van der Waals surface area contributed by atoms with E-state index in [1.54, 1.807) is 0 Å². The Hall–Kier alpha value is -3.71. The van der Waals surface area contributed by atoms with E-state index in [0.717, 1.165) is 35.2 Å². The van der Waals surface area contributed by atoms with E-state index in [0.29, 0.717) is 16.1 Å². The summed E-state index contributed by atoms with van der Waals surface area (Å²) in [6, 6.07) is 3.30. The van der Waals surface area contributed by atoms with E-state index < -0.39 is 45.8 Å². The Labute approximate surface area is 161 Å². The average Bonchev–Trinajstić information content (AvgIpc) is 3.04. The van der Waals surface area contributed by atoms with Crippen molar-refractivity contribution in [2.24, 2.45) is 0 Å². The van der Waals surface area contributed by atoms with Crippen molar-refractivity contribution in [1.29, 1.82) is 0 Å². The number of benzene rings is 2. The van der Waals surface area contributed by atoms with E-state index in [-0.39, 0.29) is 12.2 Å². The van der Waals surface area contributed by atoms with Gasteiger partial charge in [-0.25, -0.2) is 27.8 Å². The highest BCUT2D eigenvalue weighted by Crippen LogP contribution is 2.27. The van der Waals surface area contributed by atoms with E-state index >= 15 is 0 Å². The van der Waals surface area contributed by atoms with Crippen LogP contribution in [0.4, 0.5) is 39.8 Å². The second-order valence-electron chi connectivity index (χ2n) is 5.67. The molecule has 2 N–H and O–H groups in total. The Balaban J connectivity index is 1.88. The summed E-state index contributed by atoms with van der Waals surface area (Å²) in [5.41, 5.74) is 2.71. The predicted octanol–water partition coefficient (Wildman–Crippen LogP) is 2.82. The molecule has 3 rings (SSSR count). The summed E-state index contributed by atoms with van der Waals surface area (Å²) < 4.78 is 42.2. The number of carbonyl (C=O) groups is 2. The number of anilines is 2. The maximum Gasteiger partial charge on any atom is 0.364 e. The van der Waals surface area contributed by atoms with Crippen LogP contribution in [0.3, 0.4) is 0 Å². The van der Waals surface area contributed by atoms with Crippen LogP contribution >= 0.6 is 0 Å². The van der Waals surface area contributed by atoms with E-state index in [4.69, 9.17) is 0 Å². The fraction of sp³-hybridized carbons (Fsp3) is 0.125. The van der Waals surface area contributed by atoms with Crippen molar-refractivity contribution in [3.63, 3.8) is 0 Å². The molecule has 0 radical (unpaired) electrons. The minimum absolute atomic E-state index is 0.118. The van der Waals surface area contributed by atoms with Crippen LogP contribution in [-0.2, 0) is 0 Å². The highest BCUT2D eigenvalue weighted by atomic mass is 19.1. The largest absolute Gasteiger partial charge is 0.364 e. The second kappa shape index (κ2) is 7.73. The Kier molecular flexibility index (Phi) is 5.34. The maximum absolute atomic E-state index is 14.3. The molecule has 1 aliphatic heterocycles. The van der Waals surface area contributed by atoms with Gasteiger partial charge >= 0.3 is 12.1 Å². The number of para-hydroxylation sites is 1. The number of non-ortho nitro benzene ring substituents is 1. The molecule has 2 aromatic rings. The summed E-state index contributed by atoms with van der Waals surface area (Å²) in [6.45, 7) is 1.36. The molecule has 4 amide bonds. The van der Waals surface area contributed by atoms with Gasteiger partial charge in [-0.3, -0.25) is 15.0 Å². The fourth-order valence-corrected chi connectivity index (χ4v) is 2.64. The van der Waals surface area contributed by atoms with Gasteiger partial charge < -0.3 is 0 Å². The van der Waals surface area contributed by atoms with Crippen molar-refractivity contribution >= 4 is 29.1 Å². The molecule has 1 fully saturated rings. The number of amides is 4. The minimum atomic E-state index is -1.18. The smallest absolute Gasteiger partial charge is 0.290 e. The number of nitrogens with zero attached hydrogens (tertiary/aromatic N) is 4. The Morgan fingerprint density at radius 3 is 2.34 bits per heavy atom. The lowest BCUT2D eigenvalue weighted by Gasteiger charge is -2.25. The first-order valence-corrected chi connectivity index (χ1v) is 8.11. The monoisotopic (exact) mass is 410 g/mol. The van der Waals surface area contributed by atoms with Crippen molar-refractivity contribution in [3.05, 3.63) is 64.0 Å². The number of halogens is 3. The third-order valence-electron chi connectivity index (χ3n) is 3.99. The summed E-state index contributed by atoms with van der Waals surface area (Å²) in [7, 11) is 0. The quantitative estimate of drug-likeness (QED) is 0.592. The van der Waals surface area contributed by atoms with E-state index in [9.17, 15) is 32.9 Å². The zero-order chi connectivity index (χ0) is 21.3. The lowest BCUT2D eigenvalue weighted by molar-refractivity contribution is -0.385. The minimum Gasteiger partial charge on any atom is -0.290 e. The number of hydrazine groups is 3. The highest BCUT2D eigenvalue weighted by Gasteiger charge is 2.39. The molecule has 1 heterocycles. The van der Waals surface area contributed by atoms with Crippen LogP contribution < -0.4 is 21.0 Å². The van der Waals surface area contributed by atoms with Gasteiger partial charge in [0.05, 0.1) is 16.7 Å². The molecule has 2 aromatic carbocycles. The standard InChI is InChI=1S/C16H13F3N6O4/c1-2-22(13-7-6-9(25(28)29)8-12(13)19)15(26)24-16(27)23(20-21-24)14-10(17)4-3-5-11(14)18/h3-8,20-21H,2H2,1H3. The zero-order valence-corrected chi connectivity index (χ0v) is 14.7. The summed E-state index contributed by atoms with van der Waals surface area (Å²) in [6.07, 6.45) is 0. The van der Waals surface area contributed by atoms with Crippen molar-refractivity contribution in [2.75, 3.05) is 16.5 Å². The van der Waals surface area contributed by atoms with Gasteiger partial charge in [0, 0.05) is 12.6 Å². The maximum atomic E-state index is 14.3. The van der Waals surface area contributed by atoms with Crippen molar-refractivity contribution in [3.8, 4) is 0 Å². The molecular formula is C16H13F3N6O4. The Bertz CT molecular complexity index is 984. The third kappa shape index (κ3) is 3.55. The van der Waals surface area contributed by atoms with Gasteiger partial charge in [-0.2, -0.15) is 5.01 Å². The second-order valence-corrected chi connectivity index (χ2v) is 5.67. The zero-order valence-electron chi connectivity index (χ0n) is 14.7. The highest BCUT2D eigenvalue weighted by molar-refractivity contribution is 6.07. The fourth-order valence-electron chi connectivity index (χ4n) is 2.64. The molecule has 0 aliphatic carbocycles. The van der Waals surface area contributed by atoms with E-state index in [1.807, 2.05) is 0 Å². The molecule has 0 saturated carbocycles. The van der Waals surface area contributed by atoms with E-state index in [1.165, 1.54) is 6.92 Å². The van der Waals surface area contributed by atoms with Crippen LogP contribution in [0.2, 0.25) is 0 Å². The van der Waals surface area contributed by atoms with E-state index in [2.05, 4.69) is 11.1 Å². The molecule has 0 bridgehead atoms. The van der Waals surface area contributed by atoms with Gasteiger partial charge in [-0.05, 0) is 25.1 Å². The van der Waals surface area contributed by atoms with Crippen LogP contribution in [0.5, 0.6) is 0 Å². The summed E-state index contributed by atoms with van der Waals surface area (Å²) in [4.78, 5) is 36.0. The lowest BCUT2D eigenvalue weighted by atomic mass is 10.2. The normalized spacial score (nSPS) is 13.7. The SMILES string of the molecule is CCN(C(=O)N1NNN(c2c(F)cccc2F)C1=O)c1ccc([N+](=O)[O-])cc1F. The molecule has 13 heteroatoms. The lowest BCUT2D eigenvalue weighted by Crippen LogP contribution is -2.50. The molecular weight excluding hydrogens is 397 g/mol. The first-order valence-electron chi connectivity index (χ1n) is 8.11. The number of imide groups is 1. The number of rotatable bonds is 4. The predicted molar refractivity (Wildman–Crippen MR) is 93.8 cm³/mol. The summed E-state index contributed by atoms with van der Waals surface area (Å²) >= 11 is 0. The summed E-state index contributed by atoms with van der Waals surface area (Å²) in [5, 5.41) is 11.5. The van der Waals surface area contributed by atoms with Gasteiger partial charge in [0.15, 0.2) is 17.5 Å². The number of hydrogen-bond acceptors (Lipinski definition) is 6. The van der Waals surface area contributed by atoms with Gasteiger partial charge in [0.25, 0.3) is 5.69 Å². The first-order chi connectivity index (χ1) is 13.8. The van der Waals surface area contributed by atoms with Gasteiger partial charge in [-0.15, -0.1) is 11.1 Å². The van der Waals surface area contributed by atoms with Gasteiger partial charge in [0.2, 0.25) is 0 Å². The summed E-state index contributed by atoms with van der Waals surface area (Å²) in [5.74, 6) is -3.18. The third-order valence-corrected chi connectivity index (χ3v) is 3.99. The Morgan fingerprint density at radius 1 is 1.14 bits per heavy atom. The molecule has 1 aliphatic rings. The number of carbonyl (C=O) groups excluding carboxylic acids is 2. The van der Waals surface area contributed by atoms with Crippen LogP contribution in [0.1, 0.15) is 6.92 Å². The molecule has 10 nitrogen and oxygen atoms in total. The molecule has 0 unspecified atom stereocenters. The van der Waals surface area contributed by atoms with Gasteiger partial charge in [-0.1, -0.05) is 6.07 Å². The molecule has 0 spiro atoms. The number of nitrogens with one attached hydrogen (secondary N) is 2. The molecule has 1 saturated heterocycles. The van der Waals surface area contributed by atoms with Crippen LogP contribution in [-0.4, -0.2) is 28.5 Å². The number of urea groups is 2. The number of hydrogen-bond donors (Lipinski definition) is 2. The topological polar surface area (TPSA) is 111 Å². The molecule has 29 heavy (non-hydrogen) atoms. The van der Waals surface area contributed by atoms with Crippen LogP contribution in [0.15, 0.2) is 36.4 Å². The van der Waals surface area contributed by atoms with Crippen LogP contribution in [0, 0.1) is 27.6 Å². The molecule has 0 aromatic heterocycles. The molecule has 0 atom stereocenters. The van der Waals surface area contributed by atoms with Crippen molar-refractivity contribution in [1.82, 2.24) is 16.1 Å². The number of nitro benzene ring substituents is 1. The number of nitro groups is 1. The van der Waals surface area contributed by atoms with Crippen molar-refractivity contribution in [2.45, 2.75) is 6.92 Å². The Morgan fingerprint density at radius 2 is 1.79 bits per heavy atom. The average molecular weight is 410 g/mol. The van der Waals surface area contributed by atoms with Crippen molar-refractivity contribution < 1.29 is 27.7 Å². The first kappa shape index (κ1) is 20.0. The van der Waals surface area contributed by atoms with Crippen LogP contribution in [0.25, 0.3) is 0 Å².